The third-order valence-electron chi connectivity index (χ3n) is 2.17. The molecule has 2 N–H and O–H groups in total. The van der Waals surface area contributed by atoms with E-state index in [1.165, 1.54) is 0 Å². The highest BCUT2D eigenvalue weighted by Crippen LogP contribution is 2.29. The summed E-state index contributed by atoms with van der Waals surface area (Å²) in [5, 5.41) is 18.7. The van der Waals surface area contributed by atoms with E-state index in [4.69, 9.17) is 5.11 Å². The number of rotatable bonds is 1. The van der Waals surface area contributed by atoms with E-state index in [-0.39, 0.29) is 16.9 Å². The third kappa shape index (κ3) is 2.08. The molecule has 14 heavy (non-hydrogen) atoms. The fourth-order valence-electron chi connectivity index (χ4n) is 1.24. The van der Waals surface area contributed by atoms with Crippen molar-refractivity contribution < 1.29 is 10.2 Å². The van der Waals surface area contributed by atoms with E-state index in [9.17, 15) is 5.11 Å². The Labute approximate surface area is 84.5 Å². The average molecular weight is 192 g/mol. The van der Waals surface area contributed by atoms with Gasteiger partial charge in [-0.25, -0.2) is 0 Å². The zero-order valence-corrected chi connectivity index (χ0v) is 8.83. The maximum Gasteiger partial charge on any atom is 0.126 e. The molecule has 0 heterocycles. The smallest absolute Gasteiger partial charge is 0.126 e. The molecule has 1 rings (SSSR count). The molecule has 0 aliphatic carbocycles. The Morgan fingerprint density at radius 3 is 2.21 bits per heavy atom. The van der Waals surface area contributed by atoms with E-state index in [2.05, 4.69) is 27.4 Å². The Bertz CT molecular complexity index is 359. The van der Waals surface area contributed by atoms with Gasteiger partial charge in [0.05, 0.1) is 5.56 Å². The molecule has 0 atom stereocenters. The molecular weight excluding hydrogens is 176 g/mol. The van der Waals surface area contributed by atoms with Crippen LogP contribution in [0.4, 0.5) is 0 Å². The average Bonchev–Trinajstić information content (AvgIpc) is 2.01. The lowest BCUT2D eigenvalue weighted by Gasteiger charge is -2.19. The molecule has 0 aliphatic heterocycles. The molecule has 2 heteroatoms. The first-order valence-electron chi connectivity index (χ1n) is 4.54. The van der Waals surface area contributed by atoms with Crippen LogP contribution in [-0.2, 0) is 5.41 Å². The molecule has 1 aromatic rings. The number of hydrogen-bond acceptors (Lipinski definition) is 2. The molecule has 0 aromatic heterocycles. The number of benzene rings is 1. The van der Waals surface area contributed by atoms with Gasteiger partial charge in [0.2, 0.25) is 0 Å². The van der Waals surface area contributed by atoms with Crippen LogP contribution in [0.2, 0.25) is 0 Å². The molecule has 0 unspecified atom stereocenters. The van der Waals surface area contributed by atoms with Crippen molar-refractivity contribution in [2.24, 2.45) is 0 Å². The standard InChI is InChI=1S/C12H16O2/c1-8(13)10-6-5-9(7-11(10)14)12(2,3)4/h5-7,13-14H,1H2,2-4H3. The Morgan fingerprint density at radius 1 is 1.29 bits per heavy atom. The SMILES string of the molecule is C=C(O)c1ccc(C(C)(C)C)cc1O. The minimum atomic E-state index is -0.108. The molecule has 0 fully saturated rings. The lowest BCUT2D eigenvalue weighted by molar-refractivity contribution is 0.457. The molecule has 0 aliphatic rings. The summed E-state index contributed by atoms with van der Waals surface area (Å²) in [5.74, 6) is -0.0344. The Morgan fingerprint density at radius 2 is 1.86 bits per heavy atom. The van der Waals surface area contributed by atoms with Gasteiger partial charge < -0.3 is 10.2 Å². The largest absolute Gasteiger partial charge is 0.508 e. The first-order chi connectivity index (χ1) is 6.32. The van der Waals surface area contributed by atoms with Gasteiger partial charge in [0.1, 0.15) is 11.5 Å². The van der Waals surface area contributed by atoms with Crippen LogP contribution in [0.1, 0.15) is 31.9 Å². The van der Waals surface area contributed by atoms with Gasteiger partial charge in [-0.15, -0.1) is 0 Å². The van der Waals surface area contributed by atoms with E-state index < -0.39 is 0 Å². The highest BCUT2D eigenvalue weighted by molar-refractivity contribution is 5.63. The van der Waals surface area contributed by atoms with E-state index in [0.29, 0.717) is 5.56 Å². The Hall–Kier alpha value is -1.44. The highest BCUT2D eigenvalue weighted by Gasteiger charge is 2.15. The van der Waals surface area contributed by atoms with Gasteiger partial charge in [-0.3, -0.25) is 0 Å². The van der Waals surface area contributed by atoms with Gasteiger partial charge in [0, 0.05) is 0 Å². The van der Waals surface area contributed by atoms with Gasteiger partial charge in [0.15, 0.2) is 0 Å². The summed E-state index contributed by atoms with van der Waals surface area (Å²) in [6, 6.07) is 5.23. The molecule has 0 bridgehead atoms. The van der Waals surface area contributed by atoms with Crippen LogP contribution in [0.5, 0.6) is 5.75 Å². The lowest BCUT2D eigenvalue weighted by Crippen LogP contribution is -2.10. The van der Waals surface area contributed by atoms with Gasteiger partial charge >= 0.3 is 0 Å². The van der Waals surface area contributed by atoms with Crippen molar-refractivity contribution in [2.45, 2.75) is 26.2 Å². The number of phenols is 1. The van der Waals surface area contributed by atoms with Crippen LogP contribution in [-0.4, -0.2) is 10.2 Å². The summed E-state index contributed by atoms with van der Waals surface area (Å²) in [6.45, 7) is 9.57. The van der Waals surface area contributed by atoms with E-state index in [1.54, 1.807) is 12.1 Å². The minimum Gasteiger partial charge on any atom is -0.508 e. The molecule has 0 amide bonds. The quantitative estimate of drug-likeness (QED) is 0.671. The summed E-state index contributed by atoms with van der Waals surface area (Å²) in [7, 11) is 0. The fourth-order valence-corrected chi connectivity index (χ4v) is 1.24. The summed E-state index contributed by atoms with van der Waals surface area (Å²) >= 11 is 0. The summed E-state index contributed by atoms with van der Waals surface area (Å²) in [6.07, 6.45) is 0. The monoisotopic (exact) mass is 192 g/mol. The molecular formula is C12H16O2. The topological polar surface area (TPSA) is 40.5 Å². The van der Waals surface area contributed by atoms with E-state index >= 15 is 0 Å². The van der Waals surface area contributed by atoms with Crippen molar-refractivity contribution in [3.05, 3.63) is 35.9 Å². The second-order valence-corrected chi connectivity index (χ2v) is 4.43. The first kappa shape index (κ1) is 10.6. The van der Waals surface area contributed by atoms with Gasteiger partial charge in [-0.2, -0.15) is 0 Å². The summed E-state index contributed by atoms with van der Waals surface area (Å²) in [5.41, 5.74) is 1.41. The number of aliphatic hydroxyl groups is 1. The fraction of sp³-hybridized carbons (Fsp3) is 0.333. The summed E-state index contributed by atoms with van der Waals surface area (Å²) < 4.78 is 0. The van der Waals surface area contributed by atoms with Gasteiger partial charge in [-0.1, -0.05) is 33.4 Å². The van der Waals surface area contributed by atoms with Crippen LogP contribution < -0.4 is 0 Å². The summed E-state index contributed by atoms with van der Waals surface area (Å²) in [4.78, 5) is 0. The maximum absolute atomic E-state index is 9.60. The predicted octanol–water partition coefficient (Wildman–Crippen LogP) is 3.22. The molecule has 0 radical (unpaired) electrons. The van der Waals surface area contributed by atoms with Crippen molar-refractivity contribution >= 4 is 5.76 Å². The molecule has 0 spiro atoms. The van der Waals surface area contributed by atoms with Gasteiger partial charge in [-0.05, 0) is 23.1 Å². The maximum atomic E-state index is 9.60. The molecule has 76 valence electrons. The van der Waals surface area contributed by atoms with E-state index in [1.807, 2.05) is 6.07 Å². The number of aliphatic hydroxyl groups excluding tert-OH is 1. The van der Waals surface area contributed by atoms with Gasteiger partial charge in [0.25, 0.3) is 0 Å². The normalized spacial score (nSPS) is 11.4. The van der Waals surface area contributed by atoms with Crippen molar-refractivity contribution in [1.29, 1.82) is 0 Å². The number of phenolic OH excluding ortho intramolecular Hbond substituents is 1. The zero-order valence-electron chi connectivity index (χ0n) is 8.83. The second kappa shape index (κ2) is 3.37. The van der Waals surface area contributed by atoms with Crippen molar-refractivity contribution in [3.63, 3.8) is 0 Å². The molecule has 1 aromatic carbocycles. The van der Waals surface area contributed by atoms with Crippen LogP contribution in [0.25, 0.3) is 5.76 Å². The predicted molar refractivity (Wildman–Crippen MR) is 58.5 cm³/mol. The molecule has 2 nitrogen and oxygen atoms in total. The second-order valence-electron chi connectivity index (χ2n) is 4.43. The van der Waals surface area contributed by atoms with Crippen LogP contribution >= 0.6 is 0 Å². The van der Waals surface area contributed by atoms with Crippen molar-refractivity contribution in [3.8, 4) is 5.75 Å². The van der Waals surface area contributed by atoms with Crippen LogP contribution in [0, 0.1) is 0 Å². The Kier molecular flexibility index (Phi) is 2.56. The Balaban J connectivity index is 3.20. The molecule has 0 saturated heterocycles. The van der Waals surface area contributed by atoms with Crippen molar-refractivity contribution in [1.82, 2.24) is 0 Å². The van der Waals surface area contributed by atoms with E-state index in [0.717, 1.165) is 5.56 Å². The number of aromatic hydroxyl groups is 1. The van der Waals surface area contributed by atoms with Crippen LogP contribution in [0.15, 0.2) is 24.8 Å². The minimum absolute atomic E-state index is 0.00714. The molecule has 0 saturated carbocycles. The van der Waals surface area contributed by atoms with Crippen LogP contribution in [0.3, 0.4) is 0 Å². The zero-order chi connectivity index (χ0) is 10.9. The highest BCUT2D eigenvalue weighted by atomic mass is 16.3. The lowest BCUT2D eigenvalue weighted by atomic mass is 9.86. The third-order valence-corrected chi connectivity index (χ3v) is 2.17. The van der Waals surface area contributed by atoms with Crippen molar-refractivity contribution in [2.75, 3.05) is 0 Å². The first-order valence-corrected chi connectivity index (χ1v) is 4.54. The number of hydrogen-bond donors (Lipinski definition) is 2.